The summed E-state index contributed by atoms with van der Waals surface area (Å²) in [7, 11) is 1.69. The number of carbonyl (C=O) groups excluding carboxylic acids is 1. The Balaban J connectivity index is 1.30. The van der Waals surface area contributed by atoms with Crippen LogP contribution in [0, 0.1) is 23.2 Å². The average molecular weight is 386 g/mol. The zero-order chi connectivity index (χ0) is 19.5. The van der Waals surface area contributed by atoms with E-state index in [1.807, 2.05) is 18.2 Å². The van der Waals surface area contributed by atoms with Gasteiger partial charge >= 0.3 is 5.97 Å². The van der Waals surface area contributed by atoms with Crippen molar-refractivity contribution in [3.63, 3.8) is 0 Å². The molecule has 4 aliphatic rings. The van der Waals surface area contributed by atoms with Crippen molar-refractivity contribution in [1.82, 2.24) is 5.32 Å². The van der Waals surface area contributed by atoms with Crippen molar-refractivity contribution in [2.75, 3.05) is 13.7 Å². The summed E-state index contributed by atoms with van der Waals surface area (Å²) in [4.78, 5) is 12.7. The van der Waals surface area contributed by atoms with E-state index in [0.29, 0.717) is 19.0 Å². The van der Waals surface area contributed by atoms with Crippen LogP contribution in [-0.2, 0) is 20.8 Å². The van der Waals surface area contributed by atoms with E-state index >= 15 is 0 Å². The van der Waals surface area contributed by atoms with Gasteiger partial charge in [0.05, 0.1) is 19.1 Å². The minimum absolute atomic E-state index is 0.0153. The maximum absolute atomic E-state index is 12.7. The van der Waals surface area contributed by atoms with E-state index in [2.05, 4.69) is 25.2 Å². The standard InChI is InChI=1S/C23H31NO4/c1-14-7-6-10-22(2)11-18-19(20-23(14,22)28-20)16(21(25)27-18)13-24-12-15-8-4-5-9-17(15)26-3/h4-5,8-9,14,16,18-20,24H,6-7,10-13H2,1-3H3/t14-,16+,18-,19-,20+,22-,23+/m1/s1. The molecular formula is C23H31NO4. The van der Waals surface area contributed by atoms with Crippen LogP contribution >= 0.6 is 0 Å². The average Bonchev–Trinajstić information content (AvgIpc) is 3.36. The number of hydrogen-bond donors (Lipinski definition) is 1. The second kappa shape index (κ2) is 6.46. The normalized spacial score (nSPS) is 43.5. The summed E-state index contributed by atoms with van der Waals surface area (Å²) in [6, 6.07) is 7.99. The Labute approximate surface area is 167 Å². The summed E-state index contributed by atoms with van der Waals surface area (Å²) in [6.45, 7) is 6.00. The second-order valence-electron chi connectivity index (χ2n) is 9.49. The number of esters is 1. The van der Waals surface area contributed by atoms with Gasteiger partial charge in [0.1, 0.15) is 17.5 Å². The summed E-state index contributed by atoms with van der Waals surface area (Å²) >= 11 is 0. The summed E-state index contributed by atoms with van der Waals surface area (Å²) in [5.74, 6) is 1.45. The molecule has 7 atom stereocenters. The first-order valence-electron chi connectivity index (χ1n) is 10.7. The molecule has 0 bridgehead atoms. The first-order valence-corrected chi connectivity index (χ1v) is 10.7. The minimum atomic E-state index is -0.122. The van der Waals surface area contributed by atoms with E-state index in [1.165, 1.54) is 19.3 Å². The van der Waals surface area contributed by atoms with Gasteiger partial charge in [0, 0.05) is 30.0 Å². The lowest BCUT2D eigenvalue weighted by atomic mass is 9.53. The Morgan fingerprint density at radius 1 is 1.32 bits per heavy atom. The molecule has 28 heavy (non-hydrogen) atoms. The van der Waals surface area contributed by atoms with Crippen LogP contribution < -0.4 is 10.1 Å². The van der Waals surface area contributed by atoms with Crippen molar-refractivity contribution in [2.45, 2.75) is 63.9 Å². The molecule has 4 fully saturated rings. The zero-order valence-electron chi connectivity index (χ0n) is 17.1. The quantitative estimate of drug-likeness (QED) is 0.622. The number of benzene rings is 1. The van der Waals surface area contributed by atoms with Gasteiger partial charge in [-0.3, -0.25) is 4.79 Å². The number of rotatable bonds is 5. The third-order valence-electron chi connectivity index (χ3n) is 8.07. The molecule has 2 aliphatic carbocycles. The molecule has 2 saturated carbocycles. The van der Waals surface area contributed by atoms with Crippen LogP contribution in [0.5, 0.6) is 5.75 Å². The number of nitrogens with one attached hydrogen (secondary N) is 1. The molecule has 2 aliphatic heterocycles. The van der Waals surface area contributed by atoms with Crippen LogP contribution in [0.4, 0.5) is 0 Å². The maximum Gasteiger partial charge on any atom is 0.311 e. The number of hydrogen-bond acceptors (Lipinski definition) is 5. The number of carbonyl (C=O) groups is 1. The van der Waals surface area contributed by atoms with Crippen LogP contribution in [0.3, 0.4) is 0 Å². The molecule has 5 heteroatoms. The molecule has 2 saturated heterocycles. The number of para-hydroxylation sites is 1. The Bertz CT molecular complexity index is 782. The van der Waals surface area contributed by atoms with Gasteiger partial charge in [-0.2, -0.15) is 0 Å². The lowest BCUT2D eigenvalue weighted by Gasteiger charge is -2.48. The molecule has 0 amide bonds. The third kappa shape index (κ3) is 2.48. The highest BCUT2D eigenvalue weighted by atomic mass is 16.6. The van der Waals surface area contributed by atoms with Gasteiger partial charge in [0.25, 0.3) is 0 Å². The number of fused-ring (bicyclic) bond motifs is 2. The van der Waals surface area contributed by atoms with Crippen molar-refractivity contribution in [3.8, 4) is 5.75 Å². The fourth-order valence-electron chi connectivity index (χ4n) is 6.68. The van der Waals surface area contributed by atoms with Crippen LogP contribution in [0.25, 0.3) is 0 Å². The smallest absolute Gasteiger partial charge is 0.311 e. The van der Waals surface area contributed by atoms with Crippen LogP contribution in [0.2, 0.25) is 0 Å². The Hall–Kier alpha value is -1.59. The van der Waals surface area contributed by atoms with Gasteiger partial charge < -0.3 is 19.5 Å². The predicted molar refractivity (Wildman–Crippen MR) is 105 cm³/mol. The second-order valence-corrected chi connectivity index (χ2v) is 9.49. The SMILES string of the molecule is COc1ccccc1CNC[C@@H]1C(=O)O[C@@H]2C[C@@]3(C)CCC[C@@H](C)[C@@]34O[C@H]4[C@H]12. The van der Waals surface area contributed by atoms with E-state index < -0.39 is 0 Å². The fraction of sp³-hybridized carbons (Fsp3) is 0.696. The molecule has 1 spiro atoms. The number of epoxide rings is 1. The Kier molecular flexibility index (Phi) is 4.25. The zero-order valence-corrected chi connectivity index (χ0v) is 17.1. The van der Waals surface area contributed by atoms with Gasteiger partial charge in [-0.05, 0) is 31.2 Å². The van der Waals surface area contributed by atoms with E-state index in [0.717, 1.165) is 17.7 Å². The van der Waals surface area contributed by atoms with Gasteiger partial charge in [-0.15, -0.1) is 0 Å². The van der Waals surface area contributed by atoms with E-state index in [9.17, 15) is 4.79 Å². The first-order chi connectivity index (χ1) is 13.5. The predicted octanol–water partition coefficient (Wildman–Crippen LogP) is 3.31. The number of ether oxygens (including phenoxy) is 3. The lowest BCUT2D eigenvalue weighted by molar-refractivity contribution is -0.146. The molecule has 152 valence electrons. The van der Waals surface area contributed by atoms with Gasteiger partial charge in [0.2, 0.25) is 0 Å². The Morgan fingerprint density at radius 3 is 2.96 bits per heavy atom. The molecule has 5 nitrogen and oxygen atoms in total. The number of methoxy groups -OCH3 is 1. The molecule has 1 aromatic carbocycles. The van der Waals surface area contributed by atoms with Gasteiger partial charge in [-0.1, -0.05) is 38.5 Å². The maximum atomic E-state index is 12.7. The van der Waals surface area contributed by atoms with Crippen LogP contribution in [0.1, 0.15) is 45.1 Å². The summed E-state index contributed by atoms with van der Waals surface area (Å²) in [5.41, 5.74) is 1.22. The summed E-state index contributed by atoms with van der Waals surface area (Å²) in [5, 5.41) is 3.47. The van der Waals surface area contributed by atoms with Crippen molar-refractivity contribution in [1.29, 1.82) is 0 Å². The highest BCUT2D eigenvalue weighted by molar-refractivity contribution is 5.76. The van der Waals surface area contributed by atoms with Gasteiger partial charge in [-0.25, -0.2) is 0 Å². The van der Waals surface area contributed by atoms with E-state index in [1.54, 1.807) is 7.11 Å². The molecule has 0 radical (unpaired) electrons. The van der Waals surface area contributed by atoms with E-state index in [4.69, 9.17) is 14.2 Å². The van der Waals surface area contributed by atoms with Crippen molar-refractivity contribution in [3.05, 3.63) is 29.8 Å². The Morgan fingerprint density at radius 2 is 2.14 bits per heavy atom. The topological polar surface area (TPSA) is 60.1 Å². The largest absolute Gasteiger partial charge is 0.496 e. The molecule has 1 aromatic rings. The fourth-order valence-corrected chi connectivity index (χ4v) is 6.68. The van der Waals surface area contributed by atoms with Crippen LogP contribution in [0.15, 0.2) is 24.3 Å². The molecule has 0 unspecified atom stereocenters. The molecular weight excluding hydrogens is 354 g/mol. The monoisotopic (exact) mass is 385 g/mol. The molecule has 2 heterocycles. The van der Waals surface area contributed by atoms with E-state index in [-0.39, 0.29) is 41.0 Å². The molecule has 5 rings (SSSR count). The third-order valence-corrected chi connectivity index (χ3v) is 8.07. The summed E-state index contributed by atoms with van der Waals surface area (Å²) in [6.07, 6.45) is 4.82. The van der Waals surface area contributed by atoms with Crippen molar-refractivity contribution >= 4 is 5.97 Å². The first kappa shape index (κ1) is 18.4. The van der Waals surface area contributed by atoms with Crippen LogP contribution in [-0.4, -0.2) is 37.4 Å². The summed E-state index contributed by atoms with van der Waals surface area (Å²) < 4.78 is 17.8. The lowest BCUT2D eigenvalue weighted by Crippen LogP contribution is -2.54. The highest BCUT2D eigenvalue weighted by Crippen LogP contribution is 2.70. The molecule has 0 aromatic heterocycles. The van der Waals surface area contributed by atoms with Gasteiger partial charge in [0.15, 0.2) is 0 Å². The van der Waals surface area contributed by atoms with Crippen molar-refractivity contribution < 1.29 is 19.0 Å². The highest BCUT2D eigenvalue weighted by Gasteiger charge is 2.78. The van der Waals surface area contributed by atoms with Crippen molar-refractivity contribution in [2.24, 2.45) is 23.2 Å². The molecule has 1 N–H and O–H groups in total. The minimum Gasteiger partial charge on any atom is -0.496 e.